The summed E-state index contributed by atoms with van der Waals surface area (Å²) >= 11 is -0.877. The molecular weight excluding hydrogens is 249 g/mol. The minimum absolute atomic E-state index is 0.877. The molecular formula is C10H24InN. The molecule has 0 aliphatic rings. The second-order valence-electron chi connectivity index (χ2n) is 3.97. The van der Waals surface area contributed by atoms with Gasteiger partial charge in [-0.1, -0.05) is 0 Å². The van der Waals surface area contributed by atoms with E-state index in [9.17, 15) is 0 Å². The van der Waals surface area contributed by atoms with Gasteiger partial charge in [-0.05, 0) is 0 Å². The zero-order chi connectivity index (χ0) is 9.40. The van der Waals surface area contributed by atoms with E-state index in [0.717, 1.165) is 0 Å². The summed E-state index contributed by atoms with van der Waals surface area (Å²) in [5.41, 5.74) is 0. The fraction of sp³-hybridized carbons (Fsp3) is 1.00. The predicted octanol–water partition coefficient (Wildman–Crippen LogP) is 2.86. The van der Waals surface area contributed by atoms with Crippen molar-refractivity contribution >= 4 is 21.4 Å². The Bertz CT molecular complexity index is 93.8. The Morgan fingerprint density at radius 3 is 2.17 bits per heavy atom. The molecule has 0 aliphatic carbocycles. The van der Waals surface area contributed by atoms with E-state index < -0.39 is 21.4 Å². The van der Waals surface area contributed by atoms with Gasteiger partial charge in [-0.15, -0.1) is 0 Å². The van der Waals surface area contributed by atoms with Crippen molar-refractivity contribution in [2.24, 2.45) is 0 Å². The van der Waals surface area contributed by atoms with Crippen molar-refractivity contribution in [2.45, 2.75) is 40.2 Å². The Balaban J connectivity index is 3.31. The van der Waals surface area contributed by atoms with Crippen LogP contribution in [-0.2, 0) is 0 Å². The van der Waals surface area contributed by atoms with E-state index in [0.29, 0.717) is 0 Å². The van der Waals surface area contributed by atoms with Gasteiger partial charge in [0.05, 0.1) is 0 Å². The second kappa shape index (κ2) is 8.43. The Labute approximate surface area is 86.1 Å². The summed E-state index contributed by atoms with van der Waals surface area (Å²) in [6, 6.07) is 0. The predicted molar refractivity (Wildman–Crippen MR) is 59.3 cm³/mol. The first kappa shape index (κ1) is 12.8. The molecule has 0 unspecified atom stereocenters. The van der Waals surface area contributed by atoms with Crippen LogP contribution >= 0.6 is 0 Å². The molecule has 2 heteroatoms. The van der Waals surface area contributed by atoms with Gasteiger partial charge in [0.2, 0.25) is 0 Å². The minimum atomic E-state index is -0.877. The van der Waals surface area contributed by atoms with Gasteiger partial charge in [0, 0.05) is 0 Å². The quantitative estimate of drug-likeness (QED) is 0.689. The molecule has 0 aliphatic heterocycles. The third kappa shape index (κ3) is 7.48. The third-order valence-electron chi connectivity index (χ3n) is 2.24. The van der Waals surface area contributed by atoms with Crippen LogP contribution in [0.15, 0.2) is 0 Å². The molecule has 12 heavy (non-hydrogen) atoms. The van der Waals surface area contributed by atoms with Crippen LogP contribution in [0.1, 0.15) is 26.7 Å². The SMILES string of the molecule is CCCN(CC)CC[CH2][In]([CH3])[CH3]. The number of hydrogen-bond donors (Lipinski definition) is 0. The molecule has 0 rings (SSSR count). The zero-order valence-electron chi connectivity index (χ0n) is 9.27. The molecule has 0 amide bonds. The van der Waals surface area contributed by atoms with Gasteiger partial charge >= 0.3 is 86.2 Å². The zero-order valence-corrected chi connectivity index (χ0v) is 12.6. The molecule has 0 fully saturated rings. The third-order valence-corrected chi connectivity index (χ3v) is 6.70. The van der Waals surface area contributed by atoms with Gasteiger partial charge in [-0.25, -0.2) is 0 Å². The first-order valence-electron chi connectivity index (χ1n) is 5.43. The molecule has 0 N–H and O–H groups in total. The van der Waals surface area contributed by atoms with Crippen molar-refractivity contribution in [2.75, 3.05) is 19.6 Å². The molecule has 0 spiro atoms. The molecule has 72 valence electrons. The van der Waals surface area contributed by atoms with E-state index >= 15 is 0 Å². The van der Waals surface area contributed by atoms with Crippen LogP contribution in [0.25, 0.3) is 0 Å². The summed E-state index contributed by atoms with van der Waals surface area (Å²) in [6.07, 6.45) is 2.76. The van der Waals surface area contributed by atoms with Gasteiger partial charge in [-0.3, -0.25) is 0 Å². The molecule has 0 aromatic heterocycles. The van der Waals surface area contributed by atoms with Crippen LogP contribution in [-0.4, -0.2) is 46.0 Å². The van der Waals surface area contributed by atoms with E-state index in [1.54, 1.807) is 4.18 Å². The van der Waals surface area contributed by atoms with Gasteiger partial charge in [0.25, 0.3) is 0 Å². The number of rotatable bonds is 7. The van der Waals surface area contributed by atoms with E-state index in [-0.39, 0.29) is 0 Å². The van der Waals surface area contributed by atoms with Crippen molar-refractivity contribution in [1.82, 2.24) is 4.90 Å². The first-order valence-corrected chi connectivity index (χ1v) is 14.3. The summed E-state index contributed by atoms with van der Waals surface area (Å²) < 4.78 is 6.61. The molecule has 0 saturated heterocycles. The molecule has 0 radical (unpaired) electrons. The Kier molecular flexibility index (Phi) is 9.01. The Morgan fingerprint density at radius 1 is 1.08 bits per heavy atom. The van der Waals surface area contributed by atoms with E-state index in [1.807, 2.05) is 0 Å². The van der Waals surface area contributed by atoms with Gasteiger partial charge in [0.1, 0.15) is 0 Å². The van der Waals surface area contributed by atoms with Crippen molar-refractivity contribution < 1.29 is 0 Å². The fourth-order valence-electron chi connectivity index (χ4n) is 1.47. The molecule has 0 aromatic rings. The number of hydrogen-bond acceptors (Lipinski definition) is 1. The van der Waals surface area contributed by atoms with E-state index in [2.05, 4.69) is 28.1 Å². The normalized spacial score (nSPS) is 10.8. The molecule has 0 aromatic carbocycles. The Morgan fingerprint density at radius 2 is 1.75 bits per heavy atom. The molecule has 0 bridgehead atoms. The molecule has 0 heterocycles. The summed E-state index contributed by atoms with van der Waals surface area (Å²) in [6.45, 7) is 8.42. The van der Waals surface area contributed by atoms with Crippen molar-refractivity contribution in [3.05, 3.63) is 0 Å². The molecule has 0 atom stereocenters. The summed E-state index contributed by atoms with van der Waals surface area (Å²) in [5.74, 6) is 0. The van der Waals surface area contributed by atoms with Gasteiger partial charge in [0.15, 0.2) is 0 Å². The standard InChI is InChI=1S/C8H18N.2CH3.In/c1-4-7-9(6-3)8-5-2;;;/h1,4-8H2,2-3H3;2*1H3;. The van der Waals surface area contributed by atoms with Gasteiger partial charge in [-0.2, -0.15) is 0 Å². The topological polar surface area (TPSA) is 3.24 Å². The first-order chi connectivity index (χ1) is 5.70. The van der Waals surface area contributed by atoms with Crippen LogP contribution in [0, 0.1) is 0 Å². The van der Waals surface area contributed by atoms with Crippen LogP contribution in [0.4, 0.5) is 0 Å². The number of nitrogens with zero attached hydrogens (tertiary/aromatic N) is 1. The summed E-state index contributed by atoms with van der Waals surface area (Å²) in [4.78, 5) is 2.58. The van der Waals surface area contributed by atoms with Crippen molar-refractivity contribution in [3.63, 3.8) is 0 Å². The monoisotopic (exact) mass is 273 g/mol. The molecule has 0 saturated carbocycles. The average Bonchev–Trinajstić information content (AvgIpc) is 2.02. The summed E-state index contributed by atoms with van der Waals surface area (Å²) in [7, 11) is 0. The van der Waals surface area contributed by atoms with E-state index in [1.165, 1.54) is 32.5 Å². The van der Waals surface area contributed by atoms with E-state index in [4.69, 9.17) is 0 Å². The van der Waals surface area contributed by atoms with Gasteiger partial charge < -0.3 is 0 Å². The van der Waals surface area contributed by atoms with Crippen molar-refractivity contribution in [3.8, 4) is 0 Å². The Hall–Kier alpha value is 0.830. The van der Waals surface area contributed by atoms with Crippen LogP contribution in [0.2, 0.25) is 13.5 Å². The average molecular weight is 273 g/mol. The fourth-order valence-corrected chi connectivity index (χ4v) is 4.32. The summed E-state index contributed by atoms with van der Waals surface area (Å²) in [5, 5.41) is 0. The van der Waals surface area contributed by atoms with Crippen LogP contribution < -0.4 is 0 Å². The second-order valence-corrected chi connectivity index (χ2v) is 13.6. The maximum absolute atomic E-state index is 2.58. The van der Waals surface area contributed by atoms with Crippen LogP contribution in [0.5, 0.6) is 0 Å². The molecule has 1 nitrogen and oxygen atoms in total. The van der Waals surface area contributed by atoms with Crippen LogP contribution in [0.3, 0.4) is 0 Å². The maximum atomic E-state index is 2.58. The van der Waals surface area contributed by atoms with Crippen molar-refractivity contribution in [1.29, 1.82) is 0 Å².